The highest BCUT2D eigenvalue weighted by Crippen LogP contribution is 2.28. The van der Waals surface area contributed by atoms with Crippen LogP contribution < -0.4 is 10.1 Å². The molecule has 1 aliphatic heterocycles. The number of para-hydroxylation sites is 1. The first-order chi connectivity index (χ1) is 11.9. The van der Waals surface area contributed by atoms with Gasteiger partial charge in [0.25, 0.3) is 5.91 Å². The molecule has 0 spiro atoms. The van der Waals surface area contributed by atoms with Gasteiger partial charge in [-0.15, -0.1) is 0 Å². The number of hydrogen-bond acceptors (Lipinski definition) is 3. The second-order valence-electron chi connectivity index (χ2n) is 6.27. The van der Waals surface area contributed by atoms with Crippen molar-refractivity contribution >= 4 is 23.5 Å². The summed E-state index contributed by atoms with van der Waals surface area (Å²) in [7, 11) is 1.59. The van der Waals surface area contributed by atoms with Crippen molar-refractivity contribution in [3.63, 3.8) is 0 Å². The zero-order chi connectivity index (χ0) is 18.0. The average Bonchev–Trinajstić information content (AvgIpc) is 2.80. The van der Waals surface area contributed by atoms with Crippen molar-refractivity contribution in [1.29, 1.82) is 0 Å². The molecule has 25 heavy (non-hydrogen) atoms. The minimum Gasteiger partial charge on any atom is -0.496 e. The minimum atomic E-state index is -1.00. The molecule has 0 aromatic heterocycles. The lowest BCUT2D eigenvalue weighted by molar-refractivity contribution is -0.131. The molecule has 0 bridgehead atoms. The van der Waals surface area contributed by atoms with E-state index in [9.17, 15) is 9.59 Å². The van der Waals surface area contributed by atoms with Crippen LogP contribution in [0.4, 0.5) is 4.79 Å². The standard InChI is InChI=1S/C19H19ClN2O3/c1-19(11-14-5-3-4-6-16(14)25-2)17(23)22(18(24)21-19)12-13-7-9-15(20)10-8-13/h3-10H,11-12H2,1-2H3,(H,21,24)/t19-/m0/s1. The Morgan fingerprint density at radius 2 is 1.80 bits per heavy atom. The van der Waals surface area contributed by atoms with Gasteiger partial charge >= 0.3 is 6.03 Å². The van der Waals surface area contributed by atoms with Gasteiger partial charge in [0, 0.05) is 11.4 Å². The highest BCUT2D eigenvalue weighted by molar-refractivity contribution is 6.30. The van der Waals surface area contributed by atoms with Crippen molar-refractivity contribution in [2.75, 3.05) is 7.11 Å². The Morgan fingerprint density at radius 1 is 1.12 bits per heavy atom. The van der Waals surface area contributed by atoms with Crippen LogP contribution in [0.1, 0.15) is 18.1 Å². The Hall–Kier alpha value is -2.53. The van der Waals surface area contributed by atoms with E-state index in [4.69, 9.17) is 16.3 Å². The molecular formula is C19H19ClN2O3. The zero-order valence-electron chi connectivity index (χ0n) is 14.1. The first kappa shape index (κ1) is 17.3. The number of nitrogens with one attached hydrogen (secondary N) is 1. The molecule has 0 aliphatic carbocycles. The average molecular weight is 359 g/mol. The lowest BCUT2D eigenvalue weighted by atomic mass is 9.92. The van der Waals surface area contributed by atoms with Crippen LogP contribution in [0.15, 0.2) is 48.5 Å². The third-order valence-electron chi connectivity index (χ3n) is 4.34. The Kier molecular flexibility index (Phi) is 4.68. The molecule has 1 N–H and O–H groups in total. The summed E-state index contributed by atoms with van der Waals surface area (Å²) in [6, 6.07) is 14.2. The quantitative estimate of drug-likeness (QED) is 0.833. The number of benzene rings is 2. The molecule has 130 valence electrons. The van der Waals surface area contributed by atoms with E-state index >= 15 is 0 Å². The molecule has 0 unspecified atom stereocenters. The predicted octanol–water partition coefficient (Wildman–Crippen LogP) is 3.40. The molecular weight excluding hydrogens is 340 g/mol. The van der Waals surface area contributed by atoms with Crippen LogP contribution in [0.3, 0.4) is 0 Å². The molecule has 1 fully saturated rings. The fraction of sp³-hybridized carbons (Fsp3) is 0.263. The van der Waals surface area contributed by atoms with Crippen LogP contribution in [-0.4, -0.2) is 29.5 Å². The largest absolute Gasteiger partial charge is 0.496 e. The molecule has 1 atom stereocenters. The number of hydrogen-bond donors (Lipinski definition) is 1. The summed E-state index contributed by atoms with van der Waals surface area (Å²) in [5.74, 6) is 0.445. The van der Waals surface area contributed by atoms with Gasteiger partial charge in [0.1, 0.15) is 11.3 Å². The summed E-state index contributed by atoms with van der Waals surface area (Å²) in [6.07, 6.45) is 0.360. The molecule has 3 rings (SSSR count). The predicted molar refractivity (Wildman–Crippen MR) is 95.6 cm³/mol. The number of ether oxygens (including phenoxy) is 1. The van der Waals surface area contributed by atoms with Gasteiger partial charge in [-0.1, -0.05) is 41.9 Å². The van der Waals surface area contributed by atoms with Crippen molar-refractivity contribution in [3.05, 3.63) is 64.7 Å². The van der Waals surface area contributed by atoms with Crippen LogP contribution >= 0.6 is 11.6 Å². The topological polar surface area (TPSA) is 58.6 Å². The number of rotatable bonds is 5. The van der Waals surface area contributed by atoms with Crippen LogP contribution in [-0.2, 0) is 17.8 Å². The number of carbonyl (C=O) groups is 2. The van der Waals surface area contributed by atoms with E-state index in [2.05, 4.69) is 5.32 Å². The van der Waals surface area contributed by atoms with Crippen molar-refractivity contribution in [1.82, 2.24) is 10.2 Å². The summed E-state index contributed by atoms with van der Waals surface area (Å²) < 4.78 is 5.35. The lowest BCUT2D eigenvalue weighted by Crippen LogP contribution is -2.46. The summed E-state index contributed by atoms with van der Waals surface area (Å²) >= 11 is 5.88. The molecule has 1 heterocycles. The second kappa shape index (κ2) is 6.76. The van der Waals surface area contributed by atoms with E-state index in [1.54, 1.807) is 38.3 Å². The molecule has 2 aromatic rings. The van der Waals surface area contributed by atoms with E-state index in [-0.39, 0.29) is 12.5 Å². The molecule has 2 aromatic carbocycles. The summed E-state index contributed by atoms with van der Waals surface area (Å²) in [4.78, 5) is 26.5. The highest BCUT2D eigenvalue weighted by atomic mass is 35.5. The number of methoxy groups -OCH3 is 1. The molecule has 1 saturated heterocycles. The zero-order valence-corrected chi connectivity index (χ0v) is 14.8. The molecule has 1 aliphatic rings. The SMILES string of the molecule is COc1ccccc1C[C@]1(C)NC(=O)N(Cc2ccc(Cl)cc2)C1=O. The van der Waals surface area contributed by atoms with Crippen molar-refractivity contribution < 1.29 is 14.3 Å². The van der Waals surface area contributed by atoms with Crippen LogP contribution in [0, 0.1) is 0 Å². The third-order valence-corrected chi connectivity index (χ3v) is 4.59. The van der Waals surface area contributed by atoms with Crippen molar-refractivity contribution in [2.24, 2.45) is 0 Å². The highest BCUT2D eigenvalue weighted by Gasteiger charge is 2.47. The monoisotopic (exact) mass is 358 g/mol. The Balaban J connectivity index is 1.80. The van der Waals surface area contributed by atoms with E-state index in [0.29, 0.717) is 17.2 Å². The number of halogens is 1. The van der Waals surface area contributed by atoms with Crippen LogP contribution in [0.25, 0.3) is 0 Å². The number of carbonyl (C=O) groups excluding carboxylic acids is 2. The maximum atomic E-state index is 12.9. The Bertz CT molecular complexity index is 807. The maximum Gasteiger partial charge on any atom is 0.325 e. The number of amides is 3. The molecule has 0 saturated carbocycles. The maximum absolute atomic E-state index is 12.9. The Labute approximate surface area is 151 Å². The molecule has 3 amide bonds. The van der Waals surface area contributed by atoms with Crippen molar-refractivity contribution in [2.45, 2.75) is 25.4 Å². The lowest BCUT2D eigenvalue weighted by Gasteiger charge is -2.23. The molecule has 0 radical (unpaired) electrons. The number of nitrogens with zero attached hydrogens (tertiary/aromatic N) is 1. The molecule has 5 nitrogen and oxygen atoms in total. The minimum absolute atomic E-state index is 0.212. The van der Waals surface area contributed by atoms with E-state index in [0.717, 1.165) is 11.1 Å². The van der Waals surface area contributed by atoms with Gasteiger partial charge in [-0.2, -0.15) is 0 Å². The van der Waals surface area contributed by atoms with E-state index in [1.165, 1.54) is 4.90 Å². The van der Waals surface area contributed by atoms with Gasteiger partial charge in [0.05, 0.1) is 13.7 Å². The fourth-order valence-corrected chi connectivity index (χ4v) is 3.14. The second-order valence-corrected chi connectivity index (χ2v) is 6.71. The van der Waals surface area contributed by atoms with Crippen LogP contribution in [0.5, 0.6) is 5.75 Å². The first-order valence-electron chi connectivity index (χ1n) is 7.93. The van der Waals surface area contributed by atoms with E-state index < -0.39 is 11.6 Å². The smallest absolute Gasteiger partial charge is 0.325 e. The molecule has 6 heteroatoms. The number of imide groups is 1. The van der Waals surface area contributed by atoms with Gasteiger partial charge in [0.15, 0.2) is 0 Å². The van der Waals surface area contributed by atoms with Gasteiger partial charge < -0.3 is 10.1 Å². The van der Waals surface area contributed by atoms with Gasteiger partial charge in [-0.05, 0) is 36.2 Å². The summed E-state index contributed by atoms with van der Waals surface area (Å²) in [5.41, 5.74) is 0.710. The summed E-state index contributed by atoms with van der Waals surface area (Å²) in [5, 5.41) is 3.43. The van der Waals surface area contributed by atoms with Gasteiger partial charge in [-0.3, -0.25) is 9.69 Å². The Morgan fingerprint density at radius 3 is 2.48 bits per heavy atom. The fourth-order valence-electron chi connectivity index (χ4n) is 3.01. The first-order valence-corrected chi connectivity index (χ1v) is 8.31. The summed E-state index contributed by atoms with van der Waals surface area (Å²) in [6.45, 7) is 1.95. The van der Waals surface area contributed by atoms with Gasteiger partial charge in [-0.25, -0.2) is 4.79 Å². The number of urea groups is 1. The van der Waals surface area contributed by atoms with Crippen LogP contribution in [0.2, 0.25) is 5.02 Å². The van der Waals surface area contributed by atoms with E-state index in [1.807, 2.05) is 24.3 Å². The van der Waals surface area contributed by atoms with Crippen molar-refractivity contribution in [3.8, 4) is 5.75 Å². The normalized spacial score (nSPS) is 19.9. The van der Waals surface area contributed by atoms with Gasteiger partial charge in [0.2, 0.25) is 0 Å². The third kappa shape index (κ3) is 3.46.